The molecule has 2 N–H and O–H groups in total. The highest BCUT2D eigenvalue weighted by molar-refractivity contribution is 6.23. The van der Waals surface area contributed by atoms with Crippen LogP contribution < -0.4 is 15.5 Å². The summed E-state index contributed by atoms with van der Waals surface area (Å²) >= 11 is 0. The Bertz CT molecular complexity index is 2130. The first-order valence-corrected chi connectivity index (χ1v) is 15.9. The lowest BCUT2D eigenvalue weighted by Crippen LogP contribution is -2.54. The number of nitrogens with one attached hydrogen (secondary N) is 2. The van der Waals surface area contributed by atoms with Crippen LogP contribution in [-0.4, -0.2) is 63.3 Å². The molecule has 1 aliphatic carbocycles. The molecule has 1 unspecified atom stereocenters. The number of nitrogens with zero attached hydrogens (tertiary/aromatic N) is 6. The van der Waals surface area contributed by atoms with Gasteiger partial charge in [0.1, 0.15) is 17.6 Å². The first kappa shape index (κ1) is 31.3. The Morgan fingerprint density at radius 1 is 1.06 bits per heavy atom. The minimum atomic E-state index is -1.15. The lowest BCUT2D eigenvalue weighted by molar-refractivity contribution is -0.136. The molecule has 5 amide bonds. The molecule has 13 heteroatoms. The normalized spacial score (nSPS) is 18.9. The topological polar surface area (TPSA) is 162 Å². The predicted molar refractivity (Wildman–Crippen MR) is 175 cm³/mol. The van der Waals surface area contributed by atoms with Crippen molar-refractivity contribution in [2.45, 2.75) is 57.0 Å². The maximum Gasteiger partial charge on any atom is 0.262 e. The first-order valence-electron chi connectivity index (χ1n) is 15.9. The van der Waals surface area contributed by atoms with Crippen molar-refractivity contribution in [2.75, 3.05) is 23.3 Å². The first-order chi connectivity index (χ1) is 23.5. The molecule has 0 bridgehead atoms. The fourth-order valence-corrected chi connectivity index (χ4v) is 6.30. The van der Waals surface area contributed by atoms with Crippen molar-refractivity contribution in [2.24, 2.45) is 5.92 Å². The number of aromatic nitrogens is 2. The summed E-state index contributed by atoms with van der Waals surface area (Å²) in [6, 6.07) is 11.3. The van der Waals surface area contributed by atoms with Crippen LogP contribution in [0.3, 0.4) is 0 Å². The molecule has 3 aromatic rings. The van der Waals surface area contributed by atoms with E-state index in [9.17, 15) is 29.2 Å². The zero-order chi connectivity index (χ0) is 34.6. The fourth-order valence-electron chi connectivity index (χ4n) is 6.30. The van der Waals surface area contributed by atoms with Crippen LogP contribution in [0, 0.1) is 35.7 Å². The molecule has 3 aliphatic heterocycles. The molecule has 0 radical (unpaired) electrons. The summed E-state index contributed by atoms with van der Waals surface area (Å²) < 4.78 is 1.45. The van der Waals surface area contributed by atoms with Gasteiger partial charge in [0, 0.05) is 37.1 Å². The number of nitriles is 1. The summed E-state index contributed by atoms with van der Waals surface area (Å²) in [7, 11) is 0. The second kappa shape index (κ2) is 11.8. The van der Waals surface area contributed by atoms with Gasteiger partial charge in [0.05, 0.1) is 29.2 Å². The molecule has 1 aromatic heterocycles. The number of imide groups is 2. The van der Waals surface area contributed by atoms with Gasteiger partial charge in [0.2, 0.25) is 11.8 Å². The number of hydrogen-bond donors (Lipinski definition) is 2. The number of carbonyl (C=O) groups is 5. The van der Waals surface area contributed by atoms with Gasteiger partial charge in [0.25, 0.3) is 17.7 Å². The second-order valence-corrected chi connectivity index (χ2v) is 13.2. The lowest BCUT2D eigenvalue weighted by atomic mass is 9.98. The predicted octanol–water partition coefficient (Wildman–Crippen LogP) is 3.45. The molecule has 4 aliphatic rings. The van der Waals surface area contributed by atoms with E-state index in [1.54, 1.807) is 50.4 Å². The van der Waals surface area contributed by atoms with Gasteiger partial charge in [-0.15, -0.1) is 0 Å². The van der Waals surface area contributed by atoms with Crippen LogP contribution in [0.2, 0.25) is 0 Å². The number of anilines is 2. The monoisotopic (exact) mass is 654 g/mol. The Kier molecular flexibility index (Phi) is 7.53. The van der Waals surface area contributed by atoms with E-state index in [0.29, 0.717) is 35.9 Å². The van der Waals surface area contributed by atoms with Gasteiger partial charge in [-0.2, -0.15) is 10.4 Å². The average molecular weight is 655 g/mol. The Balaban J connectivity index is 1.02. The third-order valence-electron chi connectivity index (χ3n) is 9.46. The molecule has 2 aromatic carbocycles. The maximum atomic E-state index is 13.5. The lowest BCUT2D eigenvalue weighted by Gasteiger charge is -2.38. The van der Waals surface area contributed by atoms with Crippen LogP contribution in [0.15, 0.2) is 42.6 Å². The average Bonchev–Trinajstić information content (AvgIpc) is 3.78. The Morgan fingerprint density at radius 2 is 1.82 bits per heavy atom. The van der Waals surface area contributed by atoms with Crippen LogP contribution in [0.4, 0.5) is 17.1 Å². The van der Waals surface area contributed by atoms with Gasteiger partial charge in [0.15, 0.2) is 11.4 Å². The second-order valence-electron chi connectivity index (χ2n) is 13.2. The number of carbonyl (C=O) groups excluding carboxylic acids is 5. The van der Waals surface area contributed by atoms with Crippen LogP contribution in [0.25, 0.3) is 4.85 Å². The summed E-state index contributed by atoms with van der Waals surface area (Å²) in [6.07, 6.45) is 3.77. The highest BCUT2D eigenvalue weighted by atomic mass is 16.2. The standard InChI is InChI=1S/C36H30N8O5/c1-36(2,35(49)39-28-11-8-23(38-3)14-26(28)21-6-7-21)43-19-22(29(16-37)41-43)5-4-20-17-42(18-20)24-9-10-25-27(15-24)34(48)44(33(25)47)30-12-13-31(45)40-32(30)46/h8-11,14-15,19-21,30H,6-7,12-13,17-18H2,1-2H3,(H,39,49)(H,40,45,46). The summed E-state index contributed by atoms with van der Waals surface area (Å²) in [5.74, 6) is 4.00. The quantitative estimate of drug-likeness (QED) is 0.232. The van der Waals surface area contributed by atoms with Crippen molar-refractivity contribution in [1.29, 1.82) is 5.26 Å². The SMILES string of the molecule is [C-]#[N+]c1ccc(NC(=O)C(C)(C)n2cc(C#CC3CN(c4ccc5c(c4)C(=O)N(C4CCC(=O)NC4=O)C5=O)C3)c(C#N)n2)c(C2CC2)c1. The number of fused-ring (bicyclic) bond motifs is 1. The van der Waals surface area contributed by atoms with Gasteiger partial charge in [-0.05, 0) is 68.9 Å². The van der Waals surface area contributed by atoms with Gasteiger partial charge < -0.3 is 10.2 Å². The van der Waals surface area contributed by atoms with Crippen LogP contribution in [0.5, 0.6) is 0 Å². The van der Waals surface area contributed by atoms with E-state index in [2.05, 4.69) is 38.5 Å². The Labute approximate surface area is 281 Å². The number of benzene rings is 2. The molecule has 4 heterocycles. The minimum absolute atomic E-state index is 0.0453. The van der Waals surface area contributed by atoms with E-state index in [0.717, 1.165) is 29.0 Å². The van der Waals surface area contributed by atoms with Crippen molar-refractivity contribution in [3.63, 3.8) is 0 Å². The van der Waals surface area contributed by atoms with Crippen molar-refractivity contribution >= 4 is 46.6 Å². The van der Waals surface area contributed by atoms with Gasteiger partial charge in [-0.1, -0.05) is 24.0 Å². The molecule has 3 fully saturated rings. The van der Waals surface area contributed by atoms with E-state index in [1.807, 2.05) is 11.0 Å². The van der Waals surface area contributed by atoms with Crippen molar-refractivity contribution < 1.29 is 24.0 Å². The summed E-state index contributed by atoms with van der Waals surface area (Å²) in [4.78, 5) is 70.1. The number of amides is 5. The smallest absolute Gasteiger partial charge is 0.262 e. The summed E-state index contributed by atoms with van der Waals surface area (Å²) in [6.45, 7) is 11.8. The summed E-state index contributed by atoms with van der Waals surface area (Å²) in [5, 5.41) is 19.4. The van der Waals surface area contributed by atoms with E-state index >= 15 is 0 Å². The van der Waals surface area contributed by atoms with E-state index in [-0.39, 0.29) is 41.5 Å². The van der Waals surface area contributed by atoms with Crippen molar-refractivity contribution in [3.05, 3.63) is 82.0 Å². The molecule has 13 nitrogen and oxygen atoms in total. The molecular weight excluding hydrogens is 624 g/mol. The fraction of sp³-hybridized carbons (Fsp3) is 0.333. The number of rotatable bonds is 6. The summed E-state index contributed by atoms with van der Waals surface area (Å²) in [5.41, 5.74) is 2.65. The molecule has 1 saturated carbocycles. The van der Waals surface area contributed by atoms with Crippen LogP contribution in [0.1, 0.15) is 83.0 Å². The highest BCUT2D eigenvalue weighted by Crippen LogP contribution is 2.45. The van der Waals surface area contributed by atoms with Crippen LogP contribution >= 0.6 is 0 Å². The van der Waals surface area contributed by atoms with E-state index < -0.39 is 35.2 Å². The molecule has 2 saturated heterocycles. The van der Waals surface area contributed by atoms with Crippen molar-refractivity contribution in [3.8, 4) is 17.9 Å². The largest absolute Gasteiger partial charge is 0.369 e. The van der Waals surface area contributed by atoms with E-state index in [4.69, 9.17) is 6.57 Å². The number of piperidine rings is 1. The molecule has 49 heavy (non-hydrogen) atoms. The van der Waals surface area contributed by atoms with Gasteiger partial charge in [-0.3, -0.25) is 38.9 Å². The third kappa shape index (κ3) is 5.57. The van der Waals surface area contributed by atoms with E-state index in [1.165, 1.54) is 4.68 Å². The molecule has 244 valence electrons. The van der Waals surface area contributed by atoms with Crippen molar-refractivity contribution in [1.82, 2.24) is 20.0 Å². The molecule has 0 spiro atoms. The Hall–Kier alpha value is -6.26. The zero-order valence-electron chi connectivity index (χ0n) is 26.7. The van der Waals surface area contributed by atoms with Gasteiger partial charge >= 0.3 is 0 Å². The molecule has 1 atom stereocenters. The van der Waals surface area contributed by atoms with Gasteiger partial charge in [-0.25, -0.2) is 4.85 Å². The van der Waals surface area contributed by atoms with Crippen LogP contribution in [-0.2, 0) is 19.9 Å². The molecular formula is C36H30N8O5. The third-order valence-corrected chi connectivity index (χ3v) is 9.46. The highest BCUT2D eigenvalue weighted by Gasteiger charge is 2.45. The number of hydrogen-bond acceptors (Lipinski definition) is 8. The zero-order valence-corrected chi connectivity index (χ0v) is 26.7. The Morgan fingerprint density at radius 3 is 2.51 bits per heavy atom. The maximum absolute atomic E-state index is 13.5. The molecule has 7 rings (SSSR count). The minimum Gasteiger partial charge on any atom is -0.369 e.